The quantitative estimate of drug-likeness (QED) is 0.916. The Labute approximate surface area is 114 Å². The first-order valence-electron chi connectivity index (χ1n) is 6.71. The highest BCUT2D eigenvalue weighted by Crippen LogP contribution is 2.32. The van der Waals surface area contributed by atoms with E-state index in [-0.39, 0.29) is 6.04 Å². The molecule has 2 atom stereocenters. The molecule has 1 aromatic carbocycles. The first-order chi connectivity index (χ1) is 9.46. The smallest absolute Gasteiger partial charge is 0.317 e. The Morgan fingerprint density at radius 3 is 2.75 bits per heavy atom. The van der Waals surface area contributed by atoms with Crippen LogP contribution in [0.2, 0.25) is 0 Å². The molecule has 3 rings (SSSR count). The molecule has 2 heterocycles. The summed E-state index contributed by atoms with van der Waals surface area (Å²) in [6, 6.07) is 6.88. The van der Waals surface area contributed by atoms with Gasteiger partial charge >= 0.3 is 6.18 Å². The second-order valence-electron chi connectivity index (χ2n) is 5.36. The molecule has 1 aromatic heterocycles. The van der Waals surface area contributed by atoms with Gasteiger partial charge in [0.05, 0.1) is 17.1 Å². The Balaban J connectivity index is 2.12. The lowest BCUT2D eigenvalue weighted by atomic mass is 10.0. The van der Waals surface area contributed by atoms with Gasteiger partial charge in [-0.05, 0) is 31.0 Å². The predicted molar refractivity (Wildman–Crippen MR) is 70.3 cm³/mol. The summed E-state index contributed by atoms with van der Waals surface area (Å²) in [6.45, 7) is 1.87. The third-order valence-corrected chi connectivity index (χ3v) is 3.83. The van der Waals surface area contributed by atoms with Gasteiger partial charge < -0.3 is 9.88 Å². The highest BCUT2D eigenvalue weighted by molar-refractivity contribution is 5.76. The standard InChI is InChI=1S/C14H16F3N3/c1-9-6-7-18-12(9)13-19-10-4-2-3-5-11(10)20(13)8-14(15,16)17/h2-5,9,12,18H,6-8H2,1H3. The van der Waals surface area contributed by atoms with E-state index in [1.165, 1.54) is 4.57 Å². The van der Waals surface area contributed by atoms with Crippen molar-refractivity contribution < 1.29 is 13.2 Å². The molecule has 1 N–H and O–H groups in total. The zero-order chi connectivity index (χ0) is 14.3. The molecule has 6 heteroatoms. The fourth-order valence-electron chi connectivity index (χ4n) is 2.86. The normalized spacial score (nSPS) is 23.6. The summed E-state index contributed by atoms with van der Waals surface area (Å²) in [4.78, 5) is 4.43. The minimum atomic E-state index is -4.25. The van der Waals surface area contributed by atoms with Gasteiger partial charge in [0.1, 0.15) is 12.4 Å². The fourth-order valence-corrected chi connectivity index (χ4v) is 2.86. The Morgan fingerprint density at radius 1 is 1.35 bits per heavy atom. The van der Waals surface area contributed by atoms with Crippen LogP contribution < -0.4 is 5.32 Å². The maximum atomic E-state index is 12.8. The third kappa shape index (κ3) is 2.40. The van der Waals surface area contributed by atoms with Crippen LogP contribution in [0.3, 0.4) is 0 Å². The molecule has 0 radical (unpaired) electrons. The van der Waals surface area contributed by atoms with E-state index in [4.69, 9.17) is 0 Å². The number of halogens is 3. The molecule has 2 unspecified atom stereocenters. The molecule has 20 heavy (non-hydrogen) atoms. The molecule has 108 valence electrons. The van der Waals surface area contributed by atoms with Gasteiger partial charge in [-0.25, -0.2) is 4.98 Å². The minimum Gasteiger partial charge on any atom is -0.317 e. The van der Waals surface area contributed by atoms with Gasteiger partial charge in [0.25, 0.3) is 0 Å². The van der Waals surface area contributed by atoms with E-state index in [2.05, 4.69) is 10.3 Å². The van der Waals surface area contributed by atoms with Crippen LogP contribution in [0, 0.1) is 5.92 Å². The average molecular weight is 283 g/mol. The summed E-state index contributed by atoms with van der Waals surface area (Å²) < 4.78 is 39.8. The van der Waals surface area contributed by atoms with Crippen molar-refractivity contribution >= 4 is 11.0 Å². The topological polar surface area (TPSA) is 29.9 Å². The van der Waals surface area contributed by atoms with Crippen LogP contribution in [0.5, 0.6) is 0 Å². The molecule has 1 saturated heterocycles. The highest BCUT2D eigenvalue weighted by Gasteiger charge is 2.34. The number of imidazole rings is 1. The van der Waals surface area contributed by atoms with E-state index in [0.29, 0.717) is 22.8 Å². The van der Waals surface area contributed by atoms with Gasteiger partial charge in [0.15, 0.2) is 0 Å². The molecule has 1 fully saturated rings. The fraction of sp³-hybridized carbons (Fsp3) is 0.500. The van der Waals surface area contributed by atoms with Gasteiger partial charge in [-0.2, -0.15) is 13.2 Å². The number of nitrogens with one attached hydrogen (secondary N) is 1. The van der Waals surface area contributed by atoms with Crippen LogP contribution in [0.4, 0.5) is 13.2 Å². The molecule has 2 aromatic rings. The van der Waals surface area contributed by atoms with Crippen molar-refractivity contribution in [3.63, 3.8) is 0 Å². The summed E-state index contributed by atoms with van der Waals surface area (Å²) in [5, 5.41) is 3.26. The average Bonchev–Trinajstić information content (AvgIpc) is 2.92. The van der Waals surface area contributed by atoms with E-state index >= 15 is 0 Å². The predicted octanol–water partition coefficient (Wildman–Crippen LogP) is 3.27. The Morgan fingerprint density at radius 2 is 2.10 bits per heavy atom. The lowest BCUT2D eigenvalue weighted by Crippen LogP contribution is -2.25. The summed E-state index contributed by atoms with van der Waals surface area (Å²) >= 11 is 0. The third-order valence-electron chi connectivity index (χ3n) is 3.83. The molecular weight excluding hydrogens is 267 g/mol. The first-order valence-corrected chi connectivity index (χ1v) is 6.71. The van der Waals surface area contributed by atoms with E-state index in [9.17, 15) is 13.2 Å². The number of benzene rings is 1. The number of nitrogens with zero attached hydrogens (tertiary/aromatic N) is 2. The van der Waals surface area contributed by atoms with Crippen LogP contribution in [-0.4, -0.2) is 22.3 Å². The van der Waals surface area contributed by atoms with E-state index in [1.807, 2.05) is 6.92 Å². The lowest BCUT2D eigenvalue weighted by Gasteiger charge is -2.18. The number of aromatic nitrogens is 2. The molecule has 0 spiro atoms. The number of hydrogen-bond donors (Lipinski definition) is 1. The Hall–Kier alpha value is -1.56. The summed E-state index contributed by atoms with van der Waals surface area (Å²) in [6.07, 6.45) is -3.29. The van der Waals surface area contributed by atoms with Crippen molar-refractivity contribution in [2.75, 3.05) is 6.54 Å². The van der Waals surface area contributed by atoms with Crippen molar-refractivity contribution in [1.82, 2.24) is 14.9 Å². The first kappa shape index (κ1) is 13.4. The van der Waals surface area contributed by atoms with Crippen LogP contribution in [0.25, 0.3) is 11.0 Å². The number of alkyl halides is 3. The summed E-state index contributed by atoms with van der Waals surface area (Å²) in [5.74, 6) is 0.785. The molecular formula is C14H16F3N3. The molecule has 0 saturated carbocycles. The van der Waals surface area contributed by atoms with Gasteiger partial charge in [-0.1, -0.05) is 19.1 Å². The SMILES string of the molecule is CC1CCNC1c1nc2ccccc2n1CC(F)(F)F. The summed E-state index contributed by atoms with van der Waals surface area (Å²) in [7, 11) is 0. The lowest BCUT2D eigenvalue weighted by molar-refractivity contribution is -0.140. The maximum absolute atomic E-state index is 12.8. The zero-order valence-corrected chi connectivity index (χ0v) is 11.1. The molecule has 3 nitrogen and oxygen atoms in total. The molecule has 1 aliphatic heterocycles. The highest BCUT2D eigenvalue weighted by atomic mass is 19.4. The minimum absolute atomic E-state index is 0.107. The molecule has 0 amide bonds. The van der Waals surface area contributed by atoms with Crippen molar-refractivity contribution in [1.29, 1.82) is 0 Å². The van der Waals surface area contributed by atoms with Crippen LogP contribution in [-0.2, 0) is 6.54 Å². The molecule has 0 aliphatic carbocycles. The summed E-state index contributed by atoms with van der Waals surface area (Å²) in [5.41, 5.74) is 1.16. The van der Waals surface area contributed by atoms with Crippen LogP contribution in [0.15, 0.2) is 24.3 Å². The van der Waals surface area contributed by atoms with E-state index in [0.717, 1.165) is 13.0 Å². The van der Waals surface area contributed by atoms with Crippen LogP contribution >= 0.6 is 0 Å². The number of fused-ring (bicyclic) bond motifs is 1. The Bertz CT molecular complexity index is 618. The second-order valence-corrected chi connectivity index (χ2v) is 5.36. The van der Waals surface area contributed by atoms with E-state index in [1.54, 1.807) is 24.3 Å². The largest absolute Gasteiger partial charge is 0.406 e. The molecule has 1 aliphatic rings. The van der Waals surface area contributed by atoms with Crippen molar-refractivity contribution in [3.8, 4) is 0 Å². The van der Waals surface area contributed by atoms with E-state index < -0.39 is 12.7 Å². The Kier molecular flexibility index (Phi) is 3.20. The van der Waals surface area contributed by atoms with Crippen molar-refractivity contribution in [2.45, 2.75) is 32.1 Å². The van der Waals surface area contributed by atoms with Gasteiger partial charge in [-0.3, -0.25) is 0 Å². The molecule has 0 bridgehead atoms. The number of hydrogen-bond acceptors (Lipinski definition) is 2. The number of rotatable bonds is 2. The van der Waals surface area contributed by atoms with Gasteiger partial charge in [0, 0.05) is 0 Å². The van der Waals surface area contributed by atoms with Crippen molar-refractivity contribution in [3.05, 3.63) is 30.1 Å². The van der Waals surface area contributed by atoms with Gasteiger partial charge in [0.2, 0.25) is 0 Å². The zero-order valence-electron chi connectivity index (χ0n) is 11.1. The van der Waals surface area contributed by atoms with Gasteiger partial charge in [-0.15, -0.1) is 0 Å². The maximum Gasteiger partial charge on any atom is 0.406 e. The second kappa shape index (κ2) is 4.77. The number of para-hydroxylation sites is 2. The monoisotopic (exact) mass is 283 g/mol. The van der Waals surface area contributed by atoms with Crippen LogP contribution in [0.1, 0.15) is 25.2 Å². The van der Waals surface area contributed by atoms with Crippen molar-refractivity contribution in [2.24, 2.45) is 5.92 Å².